The van der Waals surface area contributed by atoms with Crippen molar-refractivity contribution in [2.24, 2.45) is 0 Å². The number of benzene rings is 2. The second-order valence-corrected chi connectivity index (χ2v) is 6.26. The van der Waals surface area contributed by atoms with Gasteiger partial charge in [0.2, 0.25) is 0 Å². The van der Waals surface area contributed by atoms with Gasteiger partial charge in [0.05, 0.1) is 0 Å². The van der Waals surface area contributed by atoms with Gasteiger partial charge >= 0.3 is 0 Å². The van der Waals surface area contributed by atoms with E-state index in [1.165, 1.54) is 16.7 Å². The molecule has 0 bridgehead atoms. The molecule has 0 saturated heterocycles. The normalized spacial score (nSPS) is 9.92. The van der Waals surface area contributed by atoms with E-state index in [0.29, 0.717) is 10.2 Å². The van der Waals surface area contributed by atoms with Crippen LogP contribution in [0, 0.1) is 13.8 Å². The molecule has 6 heteroatoms. The number of hydrogen-bond donors (Lipinski definition) is 4. The molecule has 4 N–H and O–H groups in total. The maximum Gasteiger partial charge on any atom is 0.189 e. The van der Waals surface area contributed by atoms with Crippen molar-refractivity contribution in [2.75, 3.05) is 11.9 Å². The molecule has 0 aliphatic carbocycles. The summed E-state index contributed by atoms with van der Waals surface area (Å²) >= 11 is 10.5. The topological polar surface area (TPSA) is 48.1 Å². The summed E-state index contributed by atoms with van der Waals surface area (Å²) in [6, 6.07) is 16.3. The van der Waals surface area contributed by atoms with Gasteiger partial charge in [-0.1, -0.05) is 42.5 Å². The highest BCUT2D eigenvalue weighted by atomic mass is 32.1. The first-order valence-corrected chi connectivity index (χ1v) is 8.59. The van der Waals surface area contributed by atoms with Crippen LogP contribution in [0.4, 0.5) is 5.69 Å². The summed E-state index contributed by atoms with van der Waals surface area (Å²) in [7, 11) is 0. The van der Waals surface area contributed by atoms with E-state index in [-0.39, 0.29) is 0 Å². The molecule has 0 aromatic heterocycles. The molecule has 0 radical (unpaired) electrons. The number of thiocarbonyl (C=S) groups is 2. The maximum atomic E-state index is 5.27. The molecule has 0 atom stereocenters. The average molecular weight is 359 g/mol. The molecular formula is C18H22N4S2. The molecule has 24 heavy (non-hydrogen) atoms. The largest absolute Gasteiger partial charge is 0.361 e. The van der Waals surface area contributed by atoms with Crippen molar-refractivity contribution in [1.29, 1.82) is 0 Å². The zero-order valence-electron chi connectivity index (χ0n) is 13.8. The van der Waals surface area contributed by atoms with Crippen molar-refractivity contribution in [3.05, 3.63) is 65.2 Å². The molecule has 0 spiro atoms. The fourth-order valence-electron chi connectivity index (χ4n) is 2.16. The van der Waals surface area contributed by atoms with Gasteiger partial charge in [-0.25, -0.2) is 0 Å². The Morgan fingerprint density at radius 3 is 2.33 bits per heavy atom. The number of aryl methyl sites for hydroxylation is 1. The summed E-state index contributed by atoms with van der Waals surface area (Å²) < 4.78 is 0. The van der Waals surface area contributed by atoms with Gasteiger partial charge in [-0.3, -0.25) is 10.9 Å². The second kappa shape index (κ2) is 9.20. The minimum absolute atomic E-state index is 0.468. The molecular weight excluding hydrogens is 336 g/mol. The molecule has 2 aromatic carbocycles. The average Bonchev–Trinajstić information content (AvgIpc) is 2.58. The lowest BCUT2D eigenvalue weighted by Crippen LogP contribution is -2.48. The predicted octanol–water partition coefficient (Wildman–Crippen LogP) is 3.21. The van der Waals surface area contributed by atoms with Crippen LogP contribution in [-0.4, -0.2) is 16.8 Å². The summed E-state index contributed by atoms with van der Waals surface area (Å²) in [6.07, 6.45) is 0.911. The van der Waals surface area contributed by atoms with Crippen LogP contribution in [0.1, 0.15) is 16.7 Å². The summed E-state index contributed by atoms with van der Waals surface area (Å²) in [5.41, 5.74) is 10.4. The molecule has 4 nitrogen and oxygen atoms in total. The Hall–Kier alpha value is -2.18. The number of hydrogen-bond acceptors (Lipinski definition) is 2. The minimum Gasteiger partial charge on any atom is -0.361 e. The van der Waals surface area contributed by atoms with E-state index in [2.05, 4.69) is 53.5 Å². The SMILES string of the molecule is Cc1cccc(NC(=S)NNC(=S)NCCc2ccccc2)c1C. The Bertz CT molecular complexity index is 701. The molecule has 0 aliphatic rings. The summed E-state index contributed by atoms with van der Waals surface area (Å²) in [6.45, 7) is 4.89. The maximum absolute atomic E-state index is 5.27. The van der Waals surface area contributed by atoms with E-state index < -0.39 is 0 Å². The lowest BCUT2D eigenvalue weighted by Gasteiger charge is -2.16. The highest BCUT2D eigenvalue weighted by Gasteiger charge is 2.03. The fourth-order valence-corrected chi connectivity index (χ4v) is 2.48. The number of anilines is 1. The van der Waals surface area contributed by atoms with Crippen LogP contribution in [0.15, 0.2) is 48.5 Å². The molecule has 0 fully saturated rings. The van der Waals surface area contributed by atoms with E-state index in [4.69, 9.17) is 24.4 Å². The first kappa shape index (κ1) is 18.2. The van der Waals surface area contributed by atoms with Crippen molar-refractivity contribution in [2.45, 2.75) is 20.3 Å². The smallest absolute Gasteiger partial charge is 0.189 e. The summed E-state index contributed by atoms with van der Waals surface area (Å²) in [5, 5.41) is 7.28. The molecule has 2 rings (SSSR count). The van der Waals surface area contributed by atoms with Crippen molar-refractivity contribution >= 4 is 40.3 Å². The zero-order chi connectivity index (χ0) is 17.4. The monoisotopic (exact) mass is 358 g/mol. The van der Waals surface area contributed by atoms with Gasteiger partial charge < -0.3 is 10.6 Å². The first-order valence-electron chi connectivity index (χ1n) is 7.77. The van der Waals surface area contributed by atoms with Gasteiger partial charge in [0.1, 0.15) is 0 Å². The van der Waals surface area contributed by atoms with Crippen LogP contribution in [-0.2, 0) is 6.42 Å². The van der Waals surface area contributed by atoms with E-state index in [0.717, 1.165) is 18.7 Å². The molecule has 0 amide bonds. The van der Waals surface area contributed by atoms with Crippen LogP contribution in [0.3, 0.4) is 0 Å². The fraction of sp³-hybridized carbons (Fsp3) is 0.222. The van der Waals surface area contributed by atoms with E-state index in [1.807, 2.05) is 30.3 Å². The van der Waals surface area contributed by atoms with E-state index in [9.17, 15) is 0 Å². The van der Waals surface area contributed by atoms with Crippen LogP contribution in [0.25, 0.3) is 0 Å². The third-order valence-corrected chi connectivity index (χ3v) is 4.13. The Morgan fingerprint density at radius 2 is 1.58 bits per heavy atom. The molecule has 0 unspecified atom stereocenters. The third-order valence-electron chi connectivity index (χ3n) is 3.68. The number of nitrogens with one attached hydrogen (secondary N) is 4. The predicted molar refractivity (Wildman–Crippen MR) is 109 cm³/mol. The van der Waals surface area contributed by atoms with Gasteiger partial charge in [-0.05, 0) is 67.5 Å². The zero-order valence-corrected chi connectivity index (χ0v) is 15.5. The lowest BCUT2D eigenvalue weighted by molar-refractivity contribution is 0.796. The highest BCUT2D eigenvalue weighted by molar-refractivity contribution is 7.80. The summed E-state index contributed by atoms with van der Waals surface area (Å²) in [5.74, 6) is 0. The van der Waals surface area contributed by atoms with Crippen LogP contribution in [0.2, 0.25) is 0 Å². The Morgan fingerprint density at radius 1 is 0.875 bits per heavy atom. The van der Waals surface area contributed by atoms with Gasteiger partial charge in [0.25, 0.3) is 0 Å². The van der Waals surface area contributed by atoms with E-state index in [1.54, 1.807) is 0 Å². The van der Waals surface area contributed by atoms with Crippen molar-refractivity contribution < 1.29 is 0 Å². The molecule has 126 valence electrons. The number of hydrazine groups is 1. The Balaban J connectivity index is 1.69. The Labute approximate surface area is 154 Å². The summed E-state index contributed by atoms with van der Waals surface area (Å²) in [4.78, 5) is 0. The second-order valence-electron chi connectivity index (χ2n) is 5.44. The Kier molecular flexibility index (Phi) is 6.96. The first-order chi connectivity index (χ1) is 11.6. The highest BCUT2D eigenvalue weighted by Crippen LogP contribution is 2.17. The van der Waals surface area contributed by atoms with Crippen LogP contribution >= 0.6 is 24.4 Å². The van der Waals surface area contributed by atoms with E-state index >= 15 is 0 Å². The molecule has 2 aromatic rings. The lowest BCUT2D eigenvalue weighted by atomic mass is 10.1. The number of rotatable bonds is 4. The van der Waals surface area contributed by atoms with Crippen molar-refractivity contribution in [3.8, 4) is 0 Å². The van der Waals surface area contributed by atoms with Crippen LogP contribution < -0.4 is 21.5 Å². The molecule has 0 aliphatic heterocycles. The molecule has 0 heterocycles. The molecule has 0 saturated carbocycles. The van der Waals surface area contributed by atoms with Crippen LogP contribution in [0.5, 0.6) is 0 Å². The van der Waals surface area contributed by atoms with Gasteiger partial charge in [-0.2, -0.15) is 0 Å². The van der Waals surface area contributed by atoms with Crippen molar-refractivity contribution in [1.82, 2.24) is 16.2 Å². The minimum atomic E-state index is 0.468. The van der Waals surface area contributed by atoms with Crippen molar-refractivity contribution in [3.63, 3.8) is 0 Å². The third kappa shape index (κ3) is 5.79. The quantitative estimate of drug-likeness (QED) is 0.497. The van der Waals surface area contributed by atoms with Gasteiger partial charge in [-0.15, -0.1) is 0 Å². The standard InChI is InChI=1S/C18H22N4S2/c1-13-7-6-10-16(14(13)2)20-18(24)22-21-17(23)19-12-11-15-8-4-3-5-9-15/h3-10H,11-12H2,1-2H3,(H2,19,21,23)(H2,20,22,24). The van der Waals surface area contributed by atoms with Gasteiger partial charge in [0.15, 0.2) is 10.2 Å². The van der Waals surface area contributed by atoms with Gasteiger partial charge in [0, 0.05) is 12.2 Å².